The second-order valence-electron chi connectivity index (χ2n) is 6.94. The Morgan fingerprint density at radius 2 is 1.13 bits per heavy atom. The number of hydrogen-bond donors (Lipinski definition) is 2. The fraction of sp³-hybridized carbons (Fsp3) is 0.429. The Morgan fingerprint density at radius 3 is 1.52 bits per heavy atom. The van der Waals surface area contributed by atoms with Gasteiger partial charge in [-0.3, -0.25) is 0 Å². The summed E-state index contributed by atoms with van der Waals surface area (Å²) >= 11 is 0. The lowest BCUT2D eigenvalue weighted by Crippen LogP contribution is -2.10. The molecule has 1 fully saturated rings. The first-order valence-electron chi connectivity index (χ1n) is 8.65. The third-order valence-electron chi connectivity index (χ3n) is 5.31. The highest BCUT2D eigenvalue weighted by molar-refractivity contribution is 5.41. The number of phenolic OH excluding ortho intramolecular Hbond substituents is 2. The molecule has 0 saturated heterocycles. The number of aromatic hydroxyl groups is 2. The standard InChI is InChI=1S/C21H26O2/c1-14-12-16(8-10-20(14)22)18-6-4-3-5-7-19(18)17-9-11-21(23)15(2)13-17/h8-13,18-19,22-23H,3-7H2,1-2H3. The SMILES string of the molecule is Cc1cc(C2CCCCCC2c2ccc(O)c(C)c2)ccc1O. The summed E-state index contributed by atoms with van der Waals surface area (Å²) in [5, 5.41) is 19.6. The van der Waals surface area contributed by atoms with Gasteiger partial charge in [0.15, 0.2) is 0 Å². The van der Waals surface area contributed by atoms with Crippen molar-refractivity contribution in [2.24, 2.45) is 0 Å². The van der Waals surface area contributed by atoms with Gasteiger partial charge in [0.05, 0.1) is 0 Å². The zero-order valence-electron chi connectivity index (χ0n) is 14.0. The molecule has 0 radical (unpaired) electrons. The van der Waals surface area contributed by atoms with Crippen LogP contribution in [0.1, 0.15) is 66.2 Å². The van der Waals surface area contributed by atoms with Crippen molar-refractivity contribution in [1.82, 2.24) is 0 Å². The van der Waals surface area contributed by atoms with E-state index >= 15 is 0 Å². The van der Waals surface area contributed by atoms with E-state index in [1.807, 2.05) is 26.0 Å². The van der Waals surface area contributed by atoms with Crippen molar-refractivity contribution in [3.05, 3.63) is 58.7 Å². The predicted octanol–water partition coefficient (Wildman–Crippen LogP) is 5.55. The van der Waals surface area contributed by atoms with Gasteiger partial charge in [-0.15, -0.1) is 0 Å². The Bertz CT molecular complexity index is 631. The van der Waals surface area contributed by atoms with E-state index in [0.29, 0.717) is 23.3 Å². The van der Waals surface area contributed by atoms with E-state index in [-0.39, 0.29) is 0 Å². The van der Waals surface area contributed by atoms with Crippen molar-refractivity contribution in [1.29, 1.82) is 0 Å². The Morgan fingerprint density at radius 1 is 0.696 bits per heavy atom. The minimum atomic E-state index is 0.374. The molecule has 2 aromatic rings. The number of benzene rings is 2. The van der Waals surface area contributed by atoms with Crippen molar-refractivity contribution >= 4 is 0 Å². The molecule has 1 saturated carbocycles. The number of rotatable bonds is 2. The molecule has 2 unspecified atom stereocenters. The van der Waals surface area contributed by atoms with Crippen LogP contribution in [-0.4, -0.2) is 10.2 Å². The van der Waals surface area contributed by atoms with E-state index in [0.717, 1.165) is 11.1 Å². The van der Waals surface area contributed by atoms with Gasteiger partial charge in [0, 0.05) is 0 Å². The molecule has 0 aromatic heterocycles. The molecule has 0 aliphatic heterocycles. The molecular weight excluding hydrogens is 284 g/mol. The molecule has 2 nitrogen and oxygen atoms in total. The average molecular weight is 310 g/mol. The Kier molecular flexibility index (Phi) is 4.61. The lowest BCUT2D eigenvalue weighted by atomic mass is 9.77. The van der Waals surface area contributed by atoms with Crippen molar-refractivity contribution in [3.63, 3.8) is 0 Å². The van der Waals surface area contributed by atoms with E-state index in [9.17, 15) is 10.2 Å². The van der Waals surface area contributed by atoms with Crippen LogP contribution in [0.4, 0.5) is 0 Å². The van der Waals surface area contributed by atoms with Crippen LogP contribution in [0.2, 0.25) is 0 Å². The minimum absolute atomic E-state index is 0.374. The molecular formula is C21H26O2. The molecule has 2 aromatic carbocycles. The van der Waals surface area contributed by atoms with Crippen LogP contribution in [0.15, 0.2) is 36.4 Å². The number of aryl methyl sites for hydroxylation is 2. The summed E-state index contributed by atoms with van der Waals surface area (Å²) in [7, 11) is 0. The molecule has 122 valence electrons. The number of hydrogen-bond acceptors (Lipinski definition) is 2. The first-order chi connectivity index (χ1) is 11.1. The summed E-state index contributed by atoms with van der Waals surface area (Å²) in [5.41, 5.74) is 4.57. The molecule has 3 rings (SSSR count). The van der Waals surface area contributed by atoms with E-state index < -0.39 is 0 Å². The lowest BCUT2D eigenvalue weighted by Gasteiger charge is -2.27. The van der Waals surface area contributed by atoms with Gasteiger partial charge in [-0.25, -0.2) is 0 Å². The second-order valence-corrected chi connectivity index (χ2v) is 6.94. The molecule has 1 aliphatic carbocycles. The highest BCUT2D eigenvalue weighted by Crippen LogP contribution is 2.44. The van der Waals surface area contributed by atoms with E-state index in [4.69, 9.17) is 0 Å². The molecule has 2 heteroatoms. The minimum Gasteiger partial charge on any atom is -0.508 e. The second kappa shape index (κ2) is 6.66. The zero-order valence-corrected chi connectivity index (χ0v) is 14.0. The average Bonchev–Trinajstić information content (AvgIpc) is 2.78. The molecule has 1 aliphatic rings. The maximum Gasteiger partial charge on any atom is 0.118 e. The van der Waals surface area contributed by atoms with Crippen LogP contribution >= 0.6 is 0 Å². The largest absolute Gasteiger partial charge is 0.508 e. The summed E-state index contributed by atoms with van der Waals surface area (Å²) in [5.74, 6) is 1.72. The van der Waals surface area contributed by atoms with E-state index in [2.05, 4.69) is 24.3 Å². The normalized spacial score (nSPS) is 21.8. The van der Waals surface area contributed by atoms with Gasteiger partial charge in [0.2, 0.25) is 0 Å². The molecule has 0 bridgehead atoms. The quantitative estimate of drug-likeness (QED) is 0.714. The summed E-state index contributed by atoms with van der Waals surface area (Å²) < 4.78 is 0. The van der Waals surface area contributed by atoms with Crippen molar-refractivity contribution < 1.29 is 10.2 Å². The van der Waals surface area contributed by atoms with Gasteiger partial charge in [0.1, 0.15) is 11.5 Å². The Balaban J connectivity index is 1.99. The molecule has 2 atom stereocenters. The van der Waals surface area contributed by atoms with Gasteiger partial charge in [-0.2, -0.15) is 0 Å². The van der Waals surface area contributed by atoms with Gasteiger partial charge in [0.25, 0.3) is 0 Å². The fourth-order valence-electron chi connectivity index (χ4n) is 3.92. The summed E-state index contributed by atoms with van der Waals surface area (Å²) in [6.07, 6.45) is 6.20. The van der Waals surface area contributed by atoms with Gasteiger partial charge in [-0.05, 0) is 72.9 Å². The molecule has 0 heterocycles. The molecule has 0 amide bonds. The highest BCUT2D eigenvalue weighted by Gasteiger charge is 2.27. The molecule has 2 N–H and O–H groups in total. The van der Waals surface area contributed by atoms with E-state index in [1.165, 1.54) is 43.2 Å². The van der Waals surface area contributed by atoms with Gasteiger partial charge >= 0.3 is 0 Å². The summed E-state index contributed by atoms with van der Waals surface area (Å²) in [6.45, 7) is 3.94. The van der Waals surface area contributed by atoms with Crippen LogP contribution in [0.25, 0.3) is 0 Å². The topological polar surface area (TPSA) is 40.5 Å². The van der Waals surface area contributed by atoms with Gasteiger partial charge in [-0.1, -0.05) is 43.5 Å². The first-order valence-corrected chi connectivity index (χ1v) is 8.65. The molecule has 23 heavy (non-hydrogen) atoms. The lowest BCUT2D eigenvalue weighted by molar-refractivity contribution is 0.465. The van der Waals surface area contributed by atoms with Crippen LogP contribution in [0.5, 0.6) is 11.5 Å². The first kappa shape index (κ1) is 15.9. The zero-order chi connectivity index (χ0) is 16.4. The maximum atomic E-state index is 9.82. The Labute approximate surface area is 138 Å². The fourth-order valence-corrected chi connectivity index (χ4v) is 3.92. The number of phenols is 2. The third kappa shape index (κ3) is 3.36. The van der Waals surface area contributed by atoms with E-state index in [1.54, 1.807) is 0 Å². The maximum absolute atomic E-state index is 9.82. The van der Waals surface area contributed by atoms with Crippen LogP contribution in [0, 0.1) is 13.8 Å². The summed E-state index contributed by atoms with van der Waals surface area (Å²) in [4.78, 5) is 0. The van der Waals surface area contributed by atoms with Crippen LogP contribution in [0.3, 0.4) is 0 Å². The summed E-state index contributed by atoms with van der Waals surface area (Å²) in [6, 6.07) is 12.1. The van der Waals surface area contributed by atoms with Crippen molar-refractivity contribution in [2.75, 3.05) is 0 Å². The van der Waals surface area contributed by atoms with Gasteiger partial charge < -0.3 is 10.2 Å². The molecule has 0 spiro atoms. The Hall–Kier alpha value is -1.96. The van der Waals surface area contributed by atoms with Crippen LogP contribution < -0.4 is 0 Å². The smallest absolute Gasteiger partial charge is 0.118 e. The predicted molar refractivity (Wildman–Crippen MR) is 94.3 cm³/mol. The third-order valence-corrected chi connectivity index (χ3v) is 5.31. The highest BCUT2D eigenvalue weighted by atomic mass is 16.3. The monoisotopic (exact) mass is 310 g/mol. The van der Waals surface area contributed by atoms with Crippen molar-refractivity contribution in [3.8, 4) is 11.5 Å². The van der Waals surface area contributed by atoms with Crippen molar-refractivity contribution in [2.45, 2.75) is 57.8 Å². The van der Waals surface area contributed by atoms with Crippen LogP contribution in [-0.2, 0) is 0 Å².